The second kappa shape index (κ2) is 8.65. The van der Waals surface area contributed by atoms with Gasteiger partial charge in [-0.1, -0.05) is 29.8 Å². The van der Waals surface area contributed by atoms with Gasteiger partial charge in [0.15, 0.2) is 0 Å². The van der Waals surface area contributed by atoms with Crippen LogP contribution in [-0.4, -0.2) is 46.0 Å². The number of aromatic nitrogens is 2. The molecule has 9 nitrogen and oxygen atoms in total. The number of rotatable bonds is 4. The van der Waals surface area contributed by atoms with Crippen LogP contribution in [-0.2, 0) is 10.3 Å². The predicted octanol–water partition coefficient (Wildman–Crippen LogP) is 3.43. The normalized spacial score (nSPS) is 20.6. The van der Waals surface area contributed by atoms with E-state index in [0.29, 0.717) is 36.0 Å². The number of imide groups is 1. The number of likely N-dealkylation sites (tertiary alicyclic amines) is 1. The number of nitrogens with zero attached hydrogens (tertiary/aromatic N) is 3. The first-order chi connectivity index (χ1) is 16.7. The zero-order valence-electron chi connectivity index (χ0n) is 19.9. The van der Waals surface area contributed by atoms with Crippen molar-refractivity contribution in [1.82, 2.24) is 25.7 Å². The summed E-state index contributed by atoms with van der Waals surface area (Å²) in [5.74, 6) is 0.767. The number of benzene rings is 2. The van der Waals surface area contributed by atoms with Crippen LogP contribution in [0, 0.1) is 13.8 Å². The molecule has 0 spiro atoms. The molecule has 2 aromatic carbocycles. The largest absolute Gasteiger partial charge is 0.420 e. The third kappa shape index (κ3) is 4.18. The third-order valence-electron chi connectivity index (χ3n) is 6.94. The number of carbonyl (C=O) groups is 3. The van der Waals surface area contributed by atoms with Crippen LogP contribution in [0.1, 0.15) is 58.6 Å². The minimum absolute atomic E-state index is 0.0680. The van der Waals surface area contributed by atoms with E-state index in [0.717, 1.165) is 24.0 Å². The summed E-state index contributed by atoms with van der Waals surface area (Å²) in [6.07, 6.45) is 1.48. The number of nitrogens with one attached hydrogen (secondary N) is 2. The first-order valence-corrected chi connectivity index (χ1v) is 11.7. The van der Waals surface area contributed by atoms with E-state index < -0.39 is 17.5 Å². The maximum absolute atomic E-state index is 13.1. The Morgan fingerprint density at radius 1 is 1.06 bits per heavy atom. The molecule has 180 valence electrons. The van der Waals surface area contributed by atoms with Crippen molar-refractivity contribution in [2.45, 2.75) is 45.1 Å². The molecule has 0 unspecified atom stereocenters. The van der Waals surface area contributed by atoms with E-state index in [1.54, 1.807) is 31.2 Å². The van der Waals surface area contributed by atoms with Gasteiger partial charge in [0.25, 0.3) is 11.8 Å². The standard InChI is InChI=1S/C26H27N5O4/c1-15-4-9-20(16(2)14-15)22-30-29-21(35-22)17-10-12-31(13-11-17)23(32)18-5-7-19(8-6-18)26(3)24(33)27-25(34)28-26/h4-9,14,17H,10-13H2,1-3H3,(H2,27,28,33,34)/t26-/m1/s1. The summed E-state index contributed by atoms with van der Waals surface area (Å²) in [5, 5.41) is 13.4. The highest BCUT2D eigenvalue weighted by atomic mass is 16.4. The van der Waals surface area contributed by atoms with E-state index in [-0.39, 0.29) is 11.8 Å². The highest BCUT2D eigenvalue weighted by Gasteiger charge is 2.43. The van der Waals surface area contributed by atoms with Crippen LogP contribution in [0.15, 0.2) is 46.9 Å². The number of aryl methyl sites for hydroxylation is 2. The number of urea groups is 1. The molecule has 0 bridgehead atoms. The Balaban J connectivity index is 1.22. The molecule has 2 aliphatic rings. The van der Waals surface area contributed by atoms with Gasteiger partial charge < -0.3 is 14.6 Å². The Labute approximate surface area is 202 Å². The molecule has 9 heteroatoms. The lowest BCUT2D eigenvalue weighted by Crippen LogP contribution is -2.40. The lowest BCUT2D eigenvalue weighted by molar-refractivity contribution is -0.123. The van der Waals surface area contributed by atoms with E-state index in [1.165, 1.54) is 5.56 Å². The molecular formula is C26H27N5O4. The molecule has 1 aromatic heterocycles. The monoisotopic (exact) mass is 473 g/mol. The van der Waals surface area contributed by atoms with E-state index in [4.69, 9.17) is 4.42 Å². The van der Waals surface area contributed by atoms with E-state index >= 15 is 0 Å². The molecular weight excluding hydrogens is 446 g/mol. The fourth-order valence-electron chi connectivity index (χ4n) is 4.77. The highest BCUT2D eigenvalue weighted by Crippen LogP contribution is 2.31. The Kier molecular flexibility index (Phi) is 5.62. The van der Waals surface area contributed by atoms with Gasteiger partial charge in [0.05, 0.1) is 0 Å². The molecule has 35 heavy (non-hydrogen) atoms. The van der Waals surface area contributed by atoms with Crippen LogP contribution in [0.2, 0.25) is 0 Å². The minimum atomic E-state index is -1.14. The summed E-state index contributed by atoms with van der Waals surface area (Å²) >= 11 is 0. The fourth-order valence-corrected chi connectivity index (χ4v) is 4.77. The summed E-state index contributed by atoms with van der Waals surface area (Å²) in [6.45, 7) is 6.89. The van der Waals surface area contributed by atoms with Crippen molar-refractivity contribution in [1.29, 1.82) is 0 Å². The second-order valence-corrected chi connectivity index (χ2v) is 9.44. The second-order valence-electron chi connectivity index (χ2n) is 9.44. The topological polar surface area (TPSA) is 117 Å². The van der Waals surface area contributed by atoms with Gasteiger partial charge in [-0.2, -0.15) is 0 Å². The Morgan fingerprint density at radius 3 is 2.40 bits per heavy atom. The van der Waals surface area contributed by atoms with Crippen LogP contribution < -0.4 is 10.6 Å². The Morgan fingerprint density at radius 2 is 1.77 bits per heavy atom. The van der Waals surface area contributed by atoms with E-state index in [2.05, 4.69) is 26.9 Å². The van der Waals surface area contributed by atoms with Crippen molar-refractivity contribution in [2.75, 3.05) is 13.1 Å². The SMILES string of the molecule is Cc1ccc(-c2nnc(C3CCN(C(=O)c4ccc([C@@]5(C)NC(=O)NC5=O)cc4)CC3)o2)c(C)c1. The number of carbonyl (C=O) groups excluding carboxylic acids is 3. The molecule has 0 radical (unpaired) electrons. The Bertz CT molecular complexity index is 1310. The van der Waals surface area contributed by atoms with Crippen LogP contribution in [0.5, 0.6) is 0 Å². The predicted molar refractivity (Wildman–Crippen MR) is 128 cm³/mol. The molecule has 5 rings (SSSR count). The molecule has 0 saturated carbocycles. The summed E-state index contributed by atoms with van der Waals surface area (Å²) in [4.78, 5) is 38.6. The molecule has 3 heterocycles. The summed E-state index contributed by atoms with van der Waals surface area (Å²) in [6, 6.07) is 12.4. The summed E-state index contributed by atoms with van der Waals surface area (Å²) in [7, 11) is 0. The van der Waals surface area contributed by atoms with Crippen LogP contribution in [0.3, 0.4) is 0 Å². The van der Waals surface area contributed by atoms with Gasteiger partial charge >= 0.3 is 6.03 Å². The zero-order valence-corrected chi connectivity index (χ0v) is 19.9. The minimum Gasteiger partial charge on any atom is -0.420 e. The average molecular weight is 474 g/mol. The molecule has 3 aromatic rings. The smallest absolute Gasteiger partial charge is 0.322 e. The molecule has 2 fully saturated rings. The van der Waals surface area contributed by atoms with Gasteiger partial charge in [0, 0.05) is 30.1 Å². The summed E-state index contributed by atoms with van der Waals surface area (Å²) in [5.41, 5.74) is 3.23. The van der Waals surface area contributed by atoms with Crippen molar-refractivity contribution in [3.05, 3.63) is 70.6 Å². The van der Waals surface area contributed by atoms with Gasteiger partial charge in [-0.3, -0.25) is 14.9 Å². The molecule has 0 aliphatic carbocycles. The lowest BCUT2D eigenvalue weighted by Gasteiger charge is -2.30. The van der Waals surface area contributed by atoms with Gasteiger partial charge in [-0.05, 0) is 62.9 Å². The highest BCUT2D eigenvalue weighted by molar-refractivity contribution is 6.07. The van der Waals surface area contributed by atoms with Crippen molar-refractivity contribution in [2.24, 2.45) is 0 Å². The molecule has 2 saturated heterocycles. The zero-order chi connectivity index (χ0) is 24.7. The molecule has 1 atom stereocenters. The van der Waals surface area contributed by atoms with Crippen molar-refractivity contribution < 1.29 is 18.8 Å². The maximum Gasteiger partial charge on any atom is 0.322 e. The molecule has 2 aliphatic heterocycles. The van der Waals surface area contributed by atoms with Crippen LogP contribution >= 0.6 is 0 Å². The van der Waals surface area contributed by atoms with Gasteiger partial charge in [-0.25, -0.2) is 4.79 Å². The number of amides is 4. The van der Waals surface area contributed by atoms with Crippen LogP contribution in [0.25, 0.3) is 11.5 Å². The molecule has 4 amide bonds. The van der Waals surface area contributed by atoms with Crippen molar-refractivity contribution in [3.63, 3.8) is 0 Å². The fraction of sp³-hybridized carbons (Fsp3) is 0.346. The lowest BCUT2D eigenvalue weighted by atomic mass is 9.91. The summed E-state index contributed by atoms with van der Waals surface area (Å²) < 4.78 is 6.01. The average Bonchev–Trinajstić information content (AvgIpc) is 3.43. The van der Waals surface area contributed by atoms with E-state index in [9.17, 15) is 14.4 Å². The van der Waals surface area contributed by atoms with Crippen molar-refractivity contribution >= 4 is 17.8 Å². The number of hydrogen-bond donors (Lipinski definition) is 2. The van der Waals surface area contributed by atoms with Crippen LogP contribution in [0.4, 0.5) is 4.79 Å². The first-order valence-electron chi connectivity index (χ1n) is 11.7. The number of hydrogen-bond acceptors (Lipinski definition) is 6. The molecule has 2 N–H and O–H groups in total. The third-order valence-corrected chi connectivity index (χ3v) is 6.94. The Hall–Kier alpha value is -4.01. The first kappa shape index (κ1) is 22.8. The van der Waals surface area contributed by atoms with Crippen molar-refractivity contribution in [3.8, 4) is 11.5 Å². The quantitative estimate of drug-likeness (QED) is 0.561. The van der Waals surface area contributed by atoms with Gasteiger partial charge in [0.1, 0.15) is 5.54 Å². The van der Waals surface area contributed by atoms with E-state index in [1.807, 2.05) is 30.9 Å². The maximum atomic E-state index is 13.1. The van der Waals surface area contributed by atoms with Gasteiger partial charge in [0.2, 0.25) is 11.8 Å². The number of piperidine rings is 1. The van der Waals surface area contributed by atoms with Gasteiger partial charge in [-0.15, -0.1) is 10.2 Å².